The molecule has 0 bridgehead atoms. The van der Waals surface area contributed by atoms with E-state index in [0.717, 1.165) is 25.9 Å². The zero-order valence-electron chi connectivity index (χ0n) is 12.7. The summed E-state index contributed by atoms with van der Waals surface area (Å²) in [4.78, 5) is 27.7. The van der Waals surface area contributed by atoms with Gasteiger partial charge in [-0.25, -0.2) is 4.79 Å². The second kappa shape index (κ2) is 7.56. The molecule has 2 heterocycles. The number of amides is 1. The molecule has 2 aliphatic rings. The number of esters is 1. The van der Waals surface area contributed by atoms with Gasteiger partial charge in [-0.2, -0.15) is 0 Å². The summed E-state index contributed by atoms with van der Waals surface area (Å²) in [5.41, 5.74) is 0.468. The van der Waals surface area contributed by atoms with E-state index in [2.05, 4.69) is 11.5 Å². The SMILES string of the molecule is C=C(CN1CCN(C(=O)[C@@H]2CCCO2)CC1)C(=O)OCC. The quantitative estimate of drug-likeness (QED) is 0.544. The molecule has 0 aliphatic carbocycles. The molecule has 2 saturated heterocycles. The van der Waals surface area contributed by atoms with Crippen LogP contribution in [0.25, 0.3) is 0 Å². The van der Waals surface area contributed by atoms with Gasteiger partial charge in [0.05, 0.1) is 6.61 Å². The molecule has 0 spiro atoms. The van der Waals surface area contributed by atoms with E-state index in [-0.39, 0.29) is 18.0 Å². The molecule has 6 heteroatoms. The first-order valence-electron chi connectivity index (χ1n) is 7.59. The van der Waals surface area contributed by atoms with E-state index < -0.39 is 0 Å². The first-order valence-corrected chi connectivity index (χ1v) is 7.59. The molecule has 0 N–H and O–H groups in total. The van der Waals surface area contributed by atoms with Gasteiger partial charge in [-0.3, -0.25) is 9.69 Å². The van der Waals surface area contributed by atoms with Crippen molar-refractivity contribution >= 4 is 11.9 Å². The number of carbonyl (C=O) groups excluding carboxylic acids is 2. The third kappa shape index (κ3) is 4.28. The fourth-order valence-electron chi connectivity index (χ4n) is 2.67. The second-order valence-corrected chi connectivity index (χ2v) is 5.43. The Bertz CT molecular complexity index is 396. The zero-order valence-corrected chi connectivity index (χ0v) is 12.7. The average molecular weight is 296 g/mol. The molecule has 0 unspecified atom stereocenters. The Morgan fingerprint density at radius 3 is 2.57 bits per heavy atom. The molecular weight excluding hydrogens is 272 g/mol. The summed E-state index contributed by atoms with van der Waals surface area (Å²) in [7, 11) is 0. The number of nitrogens with zero attached hydrogens (tertiary/aromatic N) is 2. The maximum Gasteiger partial charge on any atom is 0.334 e. The molecule has 0 aromatic heterocycles. The van der Waals surface area contributed by atoms with Crippen molar-refractivity contribution in [3.05, 3.63) is 12.2 Å². The maximum atomic E-state index is 12.2. The molecule has 0 saturated carbocycles. The lowest BCUT2D eigenvalue weighted by Gasteiger charge is -2.35. The van der Waals surface area contributed by atoms with E-state index in [1.807, 2.05) is 4.90 Å². The van der Waals surface area contributed by atoms with Gasteiger partial charge in [0.25, 0.3) is 5.91 Å². The maximum absolute atomic E-state index is 12.2. The van der Waals surface area contributed by atoms with E-state index in [1.165, 1.54) is 0 Å². The van der Waals surface area contributed by atoms with Crippen LogP contribution in [-0.4, -0.2) is 73.7 Å². The van der Waals surface area contributed by atoms with Crippen molar-refractivity contribution in [3.63, 3.8) is 0 Å². The molecular formula is C15H24N2O4. The first kappa shape index (κ1) is 16.0. The van der Waals surface area contributed by atoms with Crippen LogP contribution in [0.5, 0.6) is 0 Å². The molecule has 2 fully saturated rings. The molecule has 1 atom stereocenters. The number of hydrogen-bond acceptors (Lipinski definition) is 5. The summed E-state index contributed by atoms with van der Waals surface area (Å²) < 4.78 is 10.4. The van der Waals surface area contributed by atoms with Crippen LogP contribution in [-0.2, 0) is 19.1 Å². The highest BCUT2D eigenvalue weighted by molar-refractivity contribution is 5.88. The zero-order chi connectivity index (χ0) is 15.2. The van der Waals surface area contributed by atoms with E-state index in [1.54, 1.807) is 6.92 Å². The van der Waals surface area contributed by atoms with Gasteiger partial charge < -0.3 is 14.4 Å². The van der Waals surface area contributed by atoms with Crippen LogP contribution in [0.4, 0.5) is 0 Å². The van der Waals surface area contributed by atoms with E-state index in [9.17, 15) is 9.59 Å². The summed E-state index contributed by atoms with van der Waals surface area (Å²) in [6, 6.07) is 0. The summed E-state index contributed by atoms with van der Waals surface area (Å²) in [6.45, 7) is 9.94. The van der Waals surface area contributed by atoms with Crippen LogP contribution in [0.2, 0.25) is 0 Å². The second-order valence-electron chi connectivity index (χ2n) is 5.43. The number of piperazine rings is 1. The highest BCUT2D eigenvalue weighted by Crippen LogP contribution is 2.16. The predicted octanol–water partition coefficient (Wildman–Crippen LogP) is 0.429. The number of ether oxygens (including phenoxy) is 2. The van der Waals surface area contributed by atoms with Gasteiger partial charge in [-0.05, 0) is 19.8 Å². The van der Waals surface area contributed by atoms with Gasteiger partial charge in [0, 0.05) is 44.9 Å². The summed E-state index contributed by atoms with van der Waals surface area (Å²) in [6.07, 6.45) is 1.56. The summed E-state index contributed by atoms with van der Waals surface area (Å²) in [5.74, 6) is -0.230. The van der Waals surface area contributed by atoms with Crippen molar-refractivity contribution in [2.75, 3.05) is 45.9 Å². The number of hydrogen-bond donors (Lipinski definition) is 0. The minimum Gasteiger partial charge on any atom is -0.463 e. The molecule has 118 valence electrons. The fraction of sp³-hybridized carbons (Fsp3) is 0.733. The van der Waals surface area contributed by atoms with Gasteiger partial charge in [0.1, 0.15) is 6.10 Å². The van der Waals surface area contributed by atoms with Gasteiger partial charge in [0.2, 0.25) is 0 Å². The van der Waals surface area contributed by atoms with Crippen molar-refractivity contribution in [2.24, 2.45) is 0 Å². The monoisotopic (exact) mass is 296 g/mol. The van der Waals surface area contributed by atoms with E-state index >= 15 is 0 Å². The lowest BCUT2D eigenvalue weighted by atomic mass is 10.2. The van der Waals surface area contributed by atoms with Gasteiger partial charge in [0.15, 0.2) is 0 Å². The molecule has 0 aromatic rings. The highest BCUT2D eigenvalue weighted by Gasteiger charge is 2.30. The fourth-order valence-corrected chi connectivity index (χ4v) is 2.67. The highest BCUT2D eigenvalue weighted by atomic mass is 16.5. The molecule has 0 aromatic carbocycles. The first-order chi connectivity index (χ1) is 10.1. The normalized spacial score (nSPS) is 23.1. The topological polar surface area (TPSA) is 59.1 Å². The molecule has 6 nitrogen and oxygen atoms in total. The third-order valence-electron chi connectivity index (χ3n) is 3.87. The largest absolute Gasteiger partial charge is 0.463 e. The molecule has 21 heavy (non-hydrogen) atoms. The Labute approximate surface area is 125 Å². The van der Waals surface area contributed by atoms with Crippen molar-refractivity contribution in [3.8, 4) is 0 Å². The molecule has 2 aliphatic heterocycles. The van der Waals surface area contributed by atoms with Crippen LogP contribution < -0.4 is 0 Å². The standard InChI is InChI=1S/C15H24N2O4/c1-3-20-15(19)12(2)11-16-6-8-17(9-7-16)14(18)13-5-4-10-21-13/h13H,2-11H2,1H3/t13-/m0/s1. The number of carbonyl (C=O) groups is 2. The summed E-state index contributed by atoms with van der Waals surface area (Å²) in [5, 5.41) is 0. The molecule has 2 rings (SSSR count). The lowest BCUT2D eigenvalue weighted by Crippen LogP contribution is -2.51. The Morgan fingerprint density at radius 1 is 1.29 bits per heavy atom. The van der Waals surface area contributed by atoms with Crippen molar-refractivity contribution in [1.29, 1.82) is 0 Å². The van der Waals surface area contributed by atoms with Crippen molar-refractivity contribution in [1.82, 2.24) is 9.80 Å². The third-order valence-corrected chi connectivity index (χ3v) is 3.87. The smallest absolute Gasteiger partial charge is 0.334 e. The van der Waals surface area contributed by atoms with Crippen LogP contribution in [0.1, 0.15) is 19.8 Å². The minimum atomic E-state index is -0.338. The van der Waals surface area contributed by atoms with Crippen molar-refractivity contribution in [2.45, 2.75) is 25.9 Å². The van der Waals surface area contributed by atoms with Crippen LogP contribution in [0.3, 0.4) is 0 Å². The Morgan fingerprint density at radius 2 is 2.00 bits per heavy atom. The molecule has 1 amide bonds. The summed E-state index contributed by atoms with van der Waals surface area (Å²) >= 11 is 0. The predicted molar refractivity (Wildman–Crippen MR) is 77.8 cm³/mol. The average Bonchev–Trinajstić information content (AvgIpc) is 3.01. The Hall–Kier alpha value is -1.40. The van der Waals surface area contributed by atoms with Gasteiger partial charge in [-0.15, -0.1) is 0 Å². The lowest BCUT2D eigenvalue weighted by molar-refractivity contribution is -0.143. The van der Waals surface area contributed by atoms with Crippen molar-refractivity contribution < 1.29 is 19.1 Å². The Kier molecular flexibility index (Phi) is 5.76. The van der Waals surface area contributed by atoms with Crippen LogP contribution in [0.15, 0.2) is 12.2 Å². The van der Waals surface area contributed by atoms with Crippen LogP contribution in [0, 0.1) is 0 Å². The van der Waals surface area contributed by atoms with E-state index in [0.29, 0.717) is 38.4 Å². The van der Waals surface area contributed by atoms with Gasteiger partial charge >= 0.3 is 5.97 Å². The van der Waals surface area contributed by atoms with E-state index in [4.69, 9.17) is 9.47 Å². The number of rotatable bonds is 5. The minimum absolute atomic E-state index is 0.108. The Balaban J connectivity index is 1.74. The van der Waals surface area contributed by atoms with Gasteiger partial charge in [-0.1, -0.05) is 6.58 Å². The molecule has 0 radical (unpaired) electrons. The van der Waals surface area contributed by atoms with Crippen LogP contribution >= 0.6 is 0 Å².